The van der Waals surface area contributed by atoms with Crippen molar-refractivity contribution in [3.05, 3.63) is 36.5 Å². The van der Waals surface area contributed by atoms with Crippen molar-refractivity contribution in [2.24, 2.45) is 0 Å². The highest BCUT2D eigenvalue weighted by Crippen LogP contribution is 1.89. The Morgan fingerprint density at radius 2 is 0.786 bits per heavy atom. The molecular weight excluding hydrogens is 168 g/mol. The average molecular weight is 196 g/mol. The zero-order valence-corrected chi connectivity index (χ0v) is 11.0. The summed E-state index contributed by atoms with van der Waals surface area (Å²) in [5.74, 6) is 0. The van der Waals surface area contributed by atoms with Gasteiger partial charge in [0.05, 0.1) is 0 Å². The second-order valence-corrected chi connectivity index (χ2v) is 3.83. The van der Waals surface area contributed by atoms with Gasteiger partial charge in [-0.2, -0.15) is 0 Å². The first kappa shape index (κ1) is 18.9. The molecule has 0 unspecified atom stereocenters. The van der Waals surface area contributed by atoms with Crippen LogP contribution in [-0.4, -0.2) is 0 Å². The molecule has 0 aromatic heterocycles. The Morgan fingerprint density at radius 1 is 0.714 bits per heavy atom. The van der Waals surface area contributed by atoms with Gasteiger partial charge in [0.1, 0.15) is 0 Å². The Labute approximate surface area is 91.4 Å². The van der Waals surface area contributed by atoms with Gasteiger partial charge >= 0.3 is 0 Å². The van der Waals surface area contributed by atoms with Gasteiger partial charge in [-0.05, 0) is 40.5 Å². The van der Waals surface area contributed by atoms with Gasteiger partial charge in [0, 0.05) is 0 Å². The fourth-order valence-corrected chi connectivity index (χ4v) is 0. The lowest BCUT2D eigenvalue weighted by Crippen LogP contribution is -1.58. The molecular formula is C14H28. The van der Waals surface area contributed by atoms with E-state index in [2.05, 4.69) is 33.6 Å². The molecule has 0 N–H and O–H groups in total. The van der Waals surface area contributed by atoms with Crippen molar-refractivity contribution in [2.75, 3.05) is 0 Å². The van der Waals surface area contributed by atoms with Gasteiger partial charge in [0.2, 0.25) is 0 Å². The first-order valence-electron chi connectivity index (χ1n) is 5.18. The lowest BCUT2D eigenvalue weighted by molar-refractivity contribution is 1.11. The molecule has 0 rings (SSSR count). The highest BCUT2D eigenvalue weighted by molar-refractivity contribution is 4.85. The third-order valence-corrected chi connectivity index (χ3v) is 1.21. The minimum Gasteiger partial charge on any atom is -0.100 e. The standard InChI is InChI=1S/2C5H10.C4H8/c2*1-4-5(2)3;1-4(2)3/h2*2,4H2,1,3H3;1H2,2-3H3. The molecule has 0 heteroatoms. The first-order valence-corrected chi connectivity index (χ1v) is 5.18. The molecule has 0 aromatic rings. The van der Waals surface area contributed by atoms with Crippen LogP contribution >= 0.6 is 0 Å². The molecule has 0 saturated heterocycles. The van der Waals surface area contributed by atoms with Crippen molar-refractivity contribution < 1.29 is 0 Å². The van der Waals surface area contributed by atoms with Crippen LogP contribution in [0.4, 0.5) is 0 Å². The smallest absolute Gasteiger partial charge is 0.0354 e. The van der Waals surface area contributed by atoms with Gasteiger partial charge in [0.15, 0.2) is 0 Å². The Bertz CT molecular complexity index is 143. The lowest BCUT2D eigenvalue weighted by atomic mass is 10.3. The van der Waals surface area contributed by atoms with Crippen LogP contribution in [0.2, 0.25) is 0 Å². The second-order valence-electron chi connectivity index (χ2n) is 3.83. The van der Waals surface area contributed by atoms with Crippen molar-refractivity contribution in [3.8, 4) is 0 Å². The zero-order valence-electron chi connectivity index (χ0n) is 11.0. The van der Waals surface area contributed by atoms with Crippen LogP contribution in [0.5, 0.6) is 0 Å². The SMILES string of the molecule is C=C(C)C.C=C(C)CC.C=C(C)CC. The van der Waals surface area contributed by atoms with E-state index < -0.39 is 0 Å². The maximum atomic E-state index is 3.67. The van der Waals surface area contributed by atoms with Gasteiger partial charge in [-0.15, -0.1) is 19.7 Å². The van der Waals surface area contributed by atoms with Crippen molar-refractivity contribution in [1.82, 2.24) is 0 Å². The Hall–Kier alpha value is -0.780. The molecule has 0 spiro atoms. The molecule has 0 aliphatic rings. The highest BCUT2D eigenvalue weighted by Gasteiger charge is 1.68. The molecule has 84 valence electrons. The molecule has 0 atom stereocenters. The van der Waals surface area contributed by atoms with Gasteiger partial charge in [0.25, 0.3) is 0 Å². The summed E-state index contributed by atoms with van der Waals surface area (Å²) >= 11 is 0. The van der Waals surface area contributed by atoms with E-state index in [1.54, 1.807) is 0 Å². The van der Waals surface area contributed by atoms with E-state index in [0.29, 0.717) is 0 Å². The molecule has 0 nitrogen and oxygen atoms in total. The maximum Gasteiger partial charge on any atom is -0.0354 e. The van der Waals surface area contributed by atoms with E-state index in [1.807, 2.05) is 27.7 Å². The predicted octanol–water partition coefficient (Wildman–Crippen LogP) is 5.53. The molecule has 0 aliphatic heterocycles. The van der Waals surface area contributed by atoms with E-state index in [4.69, 9.17) is 0 Å². The van der Waals surface area contributed by atoms with E-state index >= 15 is 0 Å². The summed E-state index contributed by atoms with van der Waals surface area (Å²) < 4.78 is 0. The molecule has 14 heavy (non-hydrogen) atoms. The minimum absolute atomic E-state index is 1.11. The predicted molar refractivity (Wildman–Crippen MR) is 70.7 cm³/mol. The summed E-state index contributed by atoms with van der Waals surface area (Å²) in [6.07, 6.45) is 2.22. The largest absolute Gasteiger partial charge is 0.100 e. The Morgan fingerprint density at radius 3 is 0.786 bits per heavy atom. The highest BCUT2D eigenvalue weighted by atomic mass is 13.7. The van der Waals surface area contributed by atoms with Gasteiger partial charge in [-0.1, -0.05) is 30.6 Å². The molecule has 0 bridgehead atoms. The van der Waals surface area contributed by atoms with Crippen molar-refractivity contribution in [3.63, 3.8) is 0 Å². The van der Waals surface area contributed by atoms with E-state index in [9.17, 15) is 0 Å². The van der Waals surface area contributed by atoms with Gasteiger partial charge in [-0.3, -0.25) is 0 Å². The summed E-state index contributed by atoms with van der Waals surface area (Å²) in [6, 6.07) is 0. The number of rotatable bonds is 2. The third kappa shape index (κ3) is 113. The molecule has 0 aliphatic carbocycles. The average Bonchev–Trinajstić information content (AvgIpc) is 2.04. The number of hydrogen-bond acceptors (Lipinski definition) is 0. The van der Waals surface area contributed by atoms with Crippen LogP contribution in [0.25, 0.3) is 0 Å². The minimum atomic E-state index is 1.11. The van der Waals surface area contributed by atoms with E-state index in [0.717, 1.165) is 12.8 Å². The normalized spacial score (nSPS) is 7.29. The number of hydrogen-bond donors (Lipinski definition) is 0. The summed E-state index contributed by atoms with van der Waals surface area (Å²) in [6.45, 7) is 23.1. The number of allylic oxidation sites excluding steroid dienone is 3. The molecule has 0 heterocycles. The third-order valence-electron chi connectivity index (χ3n) is 1.21. The topological polar surface area (TPSA) is 0 Å². The van der Waals surface area contributed by atoms with Gasteiger partial charge < -0.3 is 0 Å². The maximum absolute atomic E-state index is 3.67. The molecule has 0 amide bonds. The molecule has 0 aromatic carbocycles. The Kier molecular flexibility index (Phi) is 19.9. The fourth-order valence-electron chi connectivity index (χ4n) is 0. The van der Waals surface area contributed by atoms with Crippen LogP contribution in [-0.2, 0) is 0 Å². The quantitative estimate of drug-likeness (QED) is 0.510. The van der Waals surface area contributed by atoms with E-state index in [-0.39, 0.29) is 0 Å². The summed E-state index contributed by atoms with van der Waals surface area (Å²) in [5.41, 5.74) is 3.68. The van der Waals surface area contributed by atoms with Crippen LogP contribution < -0.4 is 0 Å². The Balaban J connectivity index is -0.000000131. The van der Waals surface area contributed by atoms with Crippen LogP contribution in [0.15, 0.2) is 36.5 Å². The van der Waals surface area contributed by atoms with Crippen molar-refractivity contribution in [1.29, 1.82) is 0 Å². The first-order chi connectivity index (χ1) is 6.27. The summed E-state index contributed by atoms with van der Waals surface area (Å²) in [7, 11) is 0. The fraction of sp³-hybridized carbons (Fsp3) is 0.571. The molecule has 0 radical (unpaired) electrons. The van der Waals surface area contributed by atoms with Gasteiger partial charge in [-0.25, -0.2) is 0 Å². The molecule has 0 fully saturated rings. The van der Waals surface area contributed by atoms with Crippen molar-refractivity contribution >= 4 is 0 Å². The second kappa shape index (κ2) is 14.7. The van der Waals surface area contributed by atoms with Crippen LogP contribution in [0.1, 0.15) is 54.4 Å². The van der Waals surface area contributed by atoms with Crippen LogP contribution in [0.3, 0.4) is 0 Å². The van der Waals surface area contributed by atoms with Crippen molar-refractivity contribution in [2.45, 2.75) is 54.4 Å². The van der Waals surface area contributed by atoms with E-state index in [1.165, 1.54) is 16.7 Å². The zero-order chi connectivity index (χ0) is 12.1. The lowest BCUT2D eigenvalue weighted by Gasteiger charge is -1.79. The van der Waals surface area contributed by atoms with Crippen LogP contribution in [0, 0.1) is 0 Å². The monoisotopic (exact) mass is 196 g/mol. The summed E-state index contributed by atoms with van der Waals surface area (Å²) in [5, 5.41) is 0. The summed E-state index contributed by atoms with van der Waals surface area (Å²) in [4.78, 5) is 0. The molecule has 0 saturated carbocycles.